The second-order valence-corrected chi connectivity index (χ2v) is 7.09. The predicted octanol–water partition coefficient (Wildman–Crippen LogP) is 2.51. The van der Waals surface area contributed by atoms with Crippen LogP contribution in [0.15, 0.2) is 18.2 Å². The Morgan fingerprint density at radius 3 is 2.63 bits per heavy atom. The fraction of sp³-hybridized carbons (Fsp3) is 0.500. The summed E-state index contributed by atoms with van der Waals surface area (Å²) in [6.45, 7) is 6.96. The number of hydrogen-bond acceptors (Lipinski definition) is 3. The zero-order valence-electron chi connectivity index (χ0n) is 11.9. The molecule has 2 atom stereocenters. The van der Waals surface area contributed by atoms with Crippen molar-refractivity contribution in [2.24, 2.45) is 0 Å². The molecule has 0 bridgehead atoms. The molecule has 0 aliphatic carbocycles. The van der Waals surface area contributed by atoms with Crippen LogP contribution in [0.5, 0.6) is 0 Å². The molecule has 0 saturated heterocycles. The highest BCUT2D eigenvalue weighted by atomic mass is 32.2. The molecule has 0 amide bonds. The first kappa shape index (κ1) is 14.1. The SMILES string of the molecule is CC(C)c1nc2cc(N)ccc2n1CC(C)S(C)=O. The minimum atomic E-state index is -0.837. The second kappa shape index (κ2) is 5.33. The second-order valence-electron chi connectivity index (χ2n) is 5.29. The smallest absolute Gasteiger partial charge is 0.112 e. The van der Waals surface area contributed by atoms with Gasteiger partial charge in [0, 0.05) is 40.5 Å². The molecule has 104 valence electrons. The molecule has 0 spiro atoms. The first-order valence-corrected chi connectivity index (χ1v) is 8.10. The Bertz CT molecular complexity index is 618. The molecule has 2 rings (SSSR count). The number of hydrogen-bond donors (Lipinski definition) is 1. The van der Waals surface area contributed by atoms with Crippen molar-refractivity contribution in [2.75, 3.05) is 12.0 Å². The van der Waals surface area contributed by atoms with E-state index in [2.05, 4.69) is 23.4 Å². The first-order chi connectivity index (χ1) is 8.90. The third-order valence-corrected chi connectivity index (χ3v) is 4.61. The molecule has 0 fully saturated rings. The molecule has 0 radical (unpaired) electrons. The summed E-state index contributed by atoms with van der Waals surface area (Å²) in [7, 11) is -0.837. The van der Waals surface area contributed by atoms with Gasteiger partial charge in [0.2, 0.25) is 0 Å². The summed E-state index contributed by atoms with van der Waals surface area (Å²) in [6.07, 6.45) is 1.75. The van der Waals surface area contributed by atoms with E-state index in [4.69, 9.17) is 5.73 Å². The van der Waals surface area contributed by atoms with Crippen LogP contribution in [-0.4, -0.2) is 25.3 Å². The predicted molar refractivity (Wildman–Crippen MR) is 81.8 cm³/mol. The highest BCUT2D eigenvalue weighted by Gasteiger charge is 2.17. The van der Waals surface area contributed by atoms with Gasteiger partial charge < -0.3 is 10.3 Å². The van der Waals surface area contributed by atoms with Gasteiger partial charge in [-0.1, -0.05) is 13.8 Å². The van der Waals surface area contributed by atoms with E-state index in [-0.39, 0.29) is 5.25 Å². The number of nitrogens with two attached hydrogens (primary N) is 1. The molecule has 0 aliphatic heterocycles. The van der Waals surface area contributed by atoms with Crippen molar-refractivity contribution in [1.82, 2.24) is 9.55 Å². The molecule has 2 N–H and O–H groups in total. The van der Waals surface area contributed by atoms with Gasteiger partial charge in [0.25, 0.3) is 0 Å². The number of benzene rings is 1. The average Bonchev–Trinajstić information content (AvgIpc) is 2.67. The largest absolute Gasteiger partial charge is 0.399 e. The van der Waals surface area contributed by atoms with Crippen LogP contribution in [-0.2, 0) is 17.3 Å². The minimum Gasteiger partial charge on any atom is -0.399 e. The average molecular weight is 279 g/mol. The van der Waals surface area contributed by atoms with Gasteiger partial charge in [0.05, 0.1) is 11.0 Å². The van der Waals surface area contributed by atoms with Crippen LogP contribution in [0.1, 0.15) is 32.5 Å². The Morgan fingerprint density at radius 1 is 1.37 bits per heavy atom. The topological polar surface area (TPSA) is 60.9 Å². The number of fused-ring (bicyclic) bond motifs is 1. The summed E-state index contributed by atoms with van der Waals surface area (Å²) in [4.78, 5) is 4.67. The number of rotatable bonds is 4. The van der Waals surface area contributed by atoms with E-state index in [0.717, 1.165) is 29.1 Å². The molecule has 5 heteroatoms. The Balaban J connectivity index is 2.55. The van der Waals surface area contributed by atoms with E-state index < -0.39 is 10.8 Å². The molecule has 19 heavy (non-hydrogen) atoms. The van der Waals surface area contributed by atoms with E-state index >= 15 is 0 Å². The van der Waals surface area contributed by atoms with Crippen LogP contribution in [0, 0.1) is 0 Å². The number of imidazole rings is 1. The minimum absolute atomic E-state index is 0.104. The molecule has 2 aromatic rings. The molecule has 1 aromatic carbocycles. The zero-order valence-corrected chi connectivity index (χ0v) is 12.7. The van der Waals surface area contributed by atoms with E-state index in [1.807, 2.05) is 25.1 Å². The Labute approximate surface area is 116 Å². The summed E-state index contributed by atoms with van der Waals surface area (Å²) in [5.74, 6) is 1.35. The summed E-state index contributed by atoms with van der Waals surface area (Å²) in [5.41, 5.74) is 8.51. The zero-order chi connectivity index (χ0) is 14.2. The number of anilines is 1. The molecule has 1 heterocycles. The third-order valence-electron chi connectivity index (χ3n) is 3.32. The molecular weight excluding hydrogens is 258 g/mol. The standard InChI is InChI=1S/C14H21N3OS/c1-9(2)14-16-12-7-11(15)5-6-13(12)17(14)8-10(3)19(4)18/h5-7,9-10H,8,15H2,1-4H3. The molecule has 4 nitrogen and oxygen atoms in total. The maximum atomic E-state index is 11.6. The monoisotopic (exact) mass is 279 g/mol. The van der Waals surface area contributed by atoms with E-state index in [1.54, 1.807) is 6.26 Å². The fourth-order valence-electron chi connectivity index (χ4n) is 2.16. The van der Waals surface area contributed by atoms with Crippen LogP contribution in [0.4, 0.5) is 5.69 Å². The quantitative estimate of drug-likeness (QED) is 0.875. The summed E-state index contributed by atoms with van der Waals surface area (Å²) >= 11 is 0. The van der Waals surface area contributed by atoms with Crippen LogP contribution in [0.3, 0.4) is 0 Å². The fourth-order valence-corrected chi connectivity index (χ4v) is 2.52. The number of aromatic nitrogens is 2. The van der Waals surface area contributed by atoms with Gasteiger partial charge in [-0.05, 0) is 25.1 Å². The summed E-state index contributed by atoms with van der Waals surface area (Å²) in [5, 5.41) is 0.104. The van der Waals surface area contributed by atoms with Crippen molar-refractivity contribution in [2.45, 2.75) is 38.5 Å². The van der Waals surface area contributed by atoms with Crippen molar-refractivity contribution in [1.29, 1.82) is 0 Å². The highest BCUT2D eigenvalue weighted by Crippen LogP contribution is 2.24. The van der Waals surface area contributed by atoms with Gasteiger partial charge in [-0.2, -0.15) is 0 Å². The van der Waals surface area contributed by atoms with Gasteiger partial charge in [-0.3, -0.25) is 4.21 Å². The number of nitrogen functional groups attached to an aromatic ring is 1. The lowest BCUT2D eigenvalue weighted by Crippen LogP contribution is -2.19. The van der Waals surface area contributed by atoms with Crippen molar-refractivity contribution in [3.63, 3.8) is 0 Å². The Hall–Kier alpha value is -1.36. The van der Waals surface area contributed by atoms with E-state index in [0.29, 0.717) is 5.92 Å². The first-order valence-electron chi connectivity index (χ1n) is 6.48. The van der Waals surface area contributed by atoms with Crippen LogP contribution < -0.4 is 5.73 Å². The van der Waals surface area contributed by atoms with Crippen LogP contribution >= 0.6 is 0 Å². The highest BCUT2D eigenvalue weighted by molar-refractivity contribution is 7.84. The molecule has 0 saturated carbocycles. The van der Waals surface area contributed by atoms with Gasteiger partial charge in [-0.25, -0.2) is 4.98 Å². The molecule has 1 aromatic heterocycles. The van der Waals surface area contributed by atoms with Gasteiger partial charge in [-0.15, -0.1) is 0 Å². The summed E-state index contributed by atoms with van der Waals surface area (Å²) in [6, 6.07) is 5.78. The maximum Gasteiger partial charge on any atom is 0.112 e. The lowest BCUT2D eigenvalue weighted by atomic mass is 10.2. The third kappa shape index (κ3) is 2.81. The van der Waals surface area contributed by atoms with Crippen LogP contribution in [0.2, 0.25) is 0 Å². The van der Waals surface area contributed by atoms with E-state index in [9.17, 15) is 4.21 Å². The van der Waals surface area contributed by atoms with Crippen molar-refractivity contribution in [3.05, 3.63) is 24.0 Å². The molecule has 0 aliphatic rings. The van der Waals surface area contributed by atoms with Gasteiger partial charge >= 0.3 is 0 Å². The maximum absolute atomic E-state index is 11.6. The number of nitrogens with zero attached hydrogens (tertiary/aromatic N) is 2. The van der Waals surface area contributed by atoms with Crippen molar-refractivity contribution >= 4 is 27.5 Å². The van der Waals surface area contributed by atoms with Crippen molar-refractivity contribution in [3.8, 4) is 0 Å². The molecular formula is C14H21N3OS. The lowest BCUT2D eigenvalue weighted by Gasteiger charge is -2.15. The van der Waals surface area contributed by atoms with Crippen molar-refractivity contribution < 1.29 is 4.21 Å². The molecule has 2 unspecified atom stereocenters. The Morgan fingerprint density at radius 2 is 2.05 bits per heavy atom. The summed E-state index contributed by atoms with van der Waals surface area (Å²) < 4.78 is 13.8. The lowest BCUT2D eigenvalue weighted by molar-refractivity contribution is 0.613. The Kier molecular flexibility index (Phi) is 3.94. The van der Waals surface area contributed by atoms with E-state index in [1.165, 1.54) is 0 Å². The normalized spacial score (nSPS) is 15.0. The van der Waals surface area contributed by atoms with Gasteiger partial charge in [0.15, 0.2) is 0 Å². The van der Waals surface area contributed by atoms with Crippen LogP contribution in [0.25, 0.3) is 11.0 Å². The van der Waals surface area contributed by atoms with Gasteiger partial charge in [0.1, 0.15) is 5.82 Å².